The predicted molar refractivity (Wildman–Crippen MR) is 81.0 cm³/mol. The highest BCUT2D eigenvalue weighted by Gasteiger charge is 2.52. The van der Waals surface area contributed by atoms with Gasteiger partial charge in [0.15, 0.2) is 0 Å². The first kappa shape index (κ1) is 15.3. The smallest absolute Gasteiger partial charge is 0.322 e. The van der Waals surface area contributed by atoms with Crippen LogP contribution in [0.1, 0.15) is 51.9 Å². The molecule has 3 rings (SSSR count). The van der Waals surface area contributed by atoms with Gasteiger partial charge in [-0.15, -0.1) is 0 Å². The summed E-state index contributed by atoms with van der Waals surface area (Å²) in [7, 11) is 0. The van der Waals surface area contributed by atoms with Crippen LogP contribution in [0.25, 0.3) is 0 Å². The summed E-state index contributed by atoms with van der Waals surface area (Å²) in [6.45, 7) is 2.92. The second-order valence-electron chi connectivity index (χ2n) is 6.99. The SMILES string of the molecule is CCC(CC1CCCC1)C(=O)N1CCC2(C1)NC(=O)NC2=O. The molecule has 1 aliphatic carbocycles. The number of hydrogen-bond acceptors (Lipinski definition) is 3. The van der Waals surface area contributed by atoms with Gasteiger partial charge in [0, 0.05) is 12.5 Å². The molecule has 0 aromatic carbocycles. The van der Waals surface area contributed by atoms with E-state index in [0.29, 0.717) is 25.4 Å². The first-order valence-corrected chi connectivity index (χ1v) is 8.46. The third kappa shape index (κ3) is 2.71. The molecule has 6 heteroatoms. The fourth-order valence-corrected chi connectivity index (χ4v) is 4.16. The normalized spacial score (nSPS) is 30.0. The second-order valence-corrected chi connectivity index (χ2v) is 6.99. The maximum Gasteiger partial charge on any atom is 0.322 e. The molecule has 3 aliphatic rings. The summed E-state index contributed by atoms with van der Waals surface area (Å²) < 4.78 is 0. The summed E-state index contributed by atoms with van der Waals surface area (Å²) in [6, 6.07) is -0.447. The Kier molecular flexibility index (Phi) is 4.10. The number of rotatable bonds is 4. The lowest BCUT2D eigenvalue weighted by atomic mass is 9.90. The van der Waals surface area contributed by atoms with Crippen LogP contribution in [0.5, 0.6) is 0 Å². The maximum absolute atomic E-state index is 12.8. The van der Waals surface area contributed by atoms with E-state index in [1.807, 2.05) is 0 Å². The molecule has 4 amide bonds. The van der Waals surface area contributed by atoms with Crippen molar-refractivity contribution in [2.75, 3.05) is 13.1 Å². The van der Waals surface area contributed by atoms with Gasteiger partial charge in [-0.05, 0) is 25.2 Å². The standard InChI is InChI=1S/C16H25N3O3/c1-2-12(9-11-5-3-4-6-11)13(20)19-8-7-16(10-19)14(21)17-15(22)18-16/h11-12H,2-10H2,1H3,(H2,17,18,21,22). The summed E-state index contributed by atoms with van der Waals surface area (Å²) in [6.07, 6.45) is 7.38. The van der Waals surface area contributed by atoms with E-state index in [2.05, 4.69) is 17.6 Å². The van der Waals surface area contributed by atoms with Gasteiger partial charge in [0.2, 0.25) is 5.91 Å². The summed E-state index contributed by atoms with van der Waals surface area (Å²) >= 11 is 0. The number of amides is 4. The summed E-state index contributed by atoms with van der Waals surface area (Å²) in [5.41, 5.74) is -0.890. The van der Waals surface area contributed by atoms with Crippen molar-refractivity contribution >= 4 is 17.8 Å². The molecule has 0 bridgehead atoms. The minimum atomic E-state index is -0.890. The van der Waals surface area contributed by atoms with Crippen molar-refractivity contribution in [2.24, 2.45) is 11.8 Å². The number of nitrogens with one attached hydrogen (secondary N) is 2. The average molecular weight is 307 g/mol. The molecule has 2 saturated heterocycles. The second kappa shape index (κ2) is 5.89. The van der Waals surface area contributed by atoms with Crippen molar-refractivity contribution < 1.29 is 14.4 Å². The molecular formula is C16H25N3O3. The van der Waals surface area contributed by atoms with Crippen LogP contribution >= 0.6 is 0 Å². The molecule has 22 heavy (non-hydrogen) atoms. The molecule has 0 aromatic heterocycles. The van der Waals surface area contributed by atoms with E-state index in [0.717, 1.165) is 12.8 Å². The van der Waals surface area contributed by atoms with Crippen LogP contribution in [0.3, 0.4) is 0 Å². The molecular weight excluding hydrogens is 282 g/mol. The Morgan fingerprint density at radius 2 is 2.09 bits per heavy atom. The Bertz CT molecular complexity index is 487. The van der Waals surface area contributed by atoms with Crippen LogP contribution in [0.2, 0.25) is 0 Å². The van der Waals surface area contributed by atoms with E-state index in [1.54, 1.807) is 4.90 Å². The molecule has 1 spiro atoms. The maximum atomic E-state index is 12.8. The number of imide groups is 1. The van der Waals surface area contributed by atoms with E-state index >= 15 is 0 Å². The first-order valence-electron chi connectivity index (χ1n) is 8.46. The Balaban J connectivity index is 1.62. The minimum absolute atomic E-state index is 0.0541. The van der Waals surface area contributed by atoms with Gasteiger partial charge in [-0.1, -0.05) is 32.6 Å². The van der Waals surface area contributed by atoms with Gasteiger partial charge >= 0.3 is 6.03 Å². The zero-order valence-corrected chi connectivity index (χ0v) is 13.2. The molecule has 0 aromatic rings. The fraction of sp³-hybridized carbons (Fsp3) is 0.812. The highest BCUT2D eigenvalue weighted by Crippen LogP contribution is 2.33. The highest BCUT2D eigenvalue weighted by molar-refractivity contribution is 6.07. The van der Waals surface area contributed by atoms with E-state index in [4.69, 9.17) is 0 Å². The molecule has 0 radical (unpaired) electrons. The van der Waals surface area contributed by atoms with Crippen LogP contribution in [-0.4, -0.2) is 41.4 Å². The van der Waals surface area contributed by atoms with Crippen LogP contribution in [-0.2, 0) is 9.59 Å². The average Bonchev–Trinajstić information content (AvgIpc) is 3.19. The predicted octanol–water partition coefficient (Wildman–Crippen LogP) is 1.40. The van der Waals surface area contributed by atoms with Crippen molar-refractivity contribution in [1.82, 2.24) is 15.5 Å². The molecule has 2 unspecified atom stereocenters. The lowest BCUT2D eigenvalue weighted by Crippen LogP contribution is -2.50. The van der Waals surface area contributed by atoms with Crippen molar-refractivity contribution in [3.63, 3.8) is 0 Å². The number of carbonyl (C=O) groups is 3. The Hall–Kier alpha value is -1.59. The van der Waals surface area contributed by atoms with Gasteiger partial charge in [-0.2, -0.15) is 0 Å². The lowest BCUT2D eigenvalue weighted by molar-refractivity contribution is -0.135. The first-order chi connectivity index (χ1) is 10.5. The highest BCUT2D eigenvalue weighted by atomic mass is 16.2. The van der Waals surface area contributed by atoms with Gasteiger partial charge in [-0.3, -0.25) is 14.9 Å². The minimum Gasteiger partial charge on any atom is -0.339 e. The van der Waals surface area contributed by atoms with Gasteiger partial charge in [-0.25, -0.2) is 4.79 Å². The third-order valence-electron chi connectivity index (χ3n) is 5.53. The molecule has 2 heterocycles. The Morgan fingerprint density at radius 3 is 2.68 bits per heavy atom. The van der Waals surface area contributed by atoms with Crippen molar-refractivity contribution in [2.45, 2.75) is 57.4 Å². The molecule has 2 N–H and O–H groups in total. The molecule has 122 valence electrons. The summed E-state index contributed by atoms with van der Waals surface area (Å²) in [5, 5.41) is 4.98. The van der Waals surface area contributed by atoms with E-state index in [-0.39, 0.29) is 17.7 Å². The Labute approximate surface area is 131 Å². The fourth-order valence-electron chi connectivity index (χ4n) is 4.16. The van der Waals surface area contributed by atoms with Gasteiger partial charge in [0.25, 0.3) is 5.91 Å². The van der Waals surface area contributed by atoms with E-state index in [1.165, 1.54) is 25.7 Å². The molecule has 2 aliphatic heterocycles. The van der Waals surface area contributed by atoms with Crippen molar-refractivity contribution in [1.29, 1.82) is 0 Å². The van der Waals surface area contributed by atoms with Crippen LogP contribution in [0.15, 0.2) is 0 Å². The monoisotopic (exact) mass is 307 g/mol. The molecule has 6 nitrogen and oxygen atoms in total. The van der Waals surface area contributed by atoms with Crippen molar-refractivity contribution in [3.8, 4) is 0 Å². The number of hydrogen-bond donors (Lipinski definition) is 2. The molecule has 2 atom stereocenters. The zero-order valence-electron chi connectivity index (χ0n) is 13.2. The van der Waals surface area contributed by atoms with Crippen LogP contribution < -0.4 is 10.6 Å². The third-order valence-corrected chi connectivity index (χ3v) is 5.53. The molecule has 3 fully saturated rings. The number of nitrogens with zero attached hydrogens (tertiary/aromatic N) is 1. The molecule has 1 saturated carbocycles. The Morgan fingerprint density at radius 1 is 1.36 bits per heavy atom. The van der Waals surface area contributed by atoms with Gasteiger partial charge in [0.05, 0.1) is 6.54 Å². The van der Waals surface area contributed by atoms with Crippen molar-refractivity contribution in [3.05, 3.63) is 0 Å². The number of carbonyl (C=O) groups excluding carboxylic acids is 3. The quantitative estimate of drug-likeness (QED) is 0.771. The van der Waals surface area contributed by atoms with E-state index < -0.39 is 11.6 Å². The van der Waals surface area contributed by atoms with E-state index in [9.17, 15) is 14.4 Å². The topological polar surface area (TPSA) is 78.5 Å². The zero-order chi connectivity index (χ0) is 15.7. The number of urea groups is 1. The summed E-state index contributed by atoms with van der Waals surface area (Å²) in [5.74, 6) is 0.593. The van der Waals surface area contributed by atoms with Gasteiger partial charge in [0.1, 0.15) is 5.54 Å². The lowest BCUT2D eigenvalue weighted by Gasteiger charge is -2.26. The number of likely N-dealkylation sites (tertiary alicyclic amines) is 1. The van der Waals surface area contributed by atoms with Crippen LogP contribution in [0, 0.1) is 11.8 Å². The van der Waals surface area contributed by atoms with Gasteiger partial charge < -0.3 is 10.2 Å². The van der Waals surface area contributed by atoms with Crippen LogP contribution in [0.4, 0.5) is 4.79 Å². The summed E-state index contributed by atoms with van der Waals surface area (Å²) in [4.78, 5) is 37.9. The largest absolute Gasteiger partial charge is 0.339 e.